The minimum absolute atomic E-state index is 0.0333. The molecule has 5 nitrogen and oxygen atoms in total. The number of aromatic nitrogens is 2. The Morgan fingerprint density at radius 1 is 1.31 bits per heavy atom. The van der Waals surface area contributed by atoms with Crippen molar-refractivity contribution < 1.29 is 4.79 Å². The van der Waals surface area contributed by atoms with Crippen molar-refractivity contribution in [3.8, 4) is 0 Å². The molecule has 0 spiro atoms. The molecule has 1 aromatic carbocycles. The quantitative estimate of drug-likeness (QED) is 0.715. The maximum Gasteiger partial charge on any atom is 0.264 e. The molecule has 1 fully saturated rings. The van der Waals surface area contributed by atoms with Crippen LogP contribution in [0.1, 0.15) is 33.6 Å². The first kappa shape index (κ1) is 17.0. The lowest BCUT2D eigenvalue weighted by atomic mass is 10.0. The van der Waals surface area contributed by atoms with E-state index >= 15 is 0 Å². The predicted octanol–water partition coefficient (Wildman–Crippen LogP) is 3.15. The van der Waals surface area contributed by atoms with Gasteiger partial charge in [0, 0.05) is 19.6 Å². The van der Waals surface area contributed by atoms with Crippen LogP contribution in [0.5, 0.6) is 0 Å². The first-order valence-corrected chi connectivity index (χ1v) is 9.67. The van der Waals surface area contributed by atoms with Crippen molar-refractivity contribution in [1.29, 1.82) is 0 Å². The Hall–Kier alpha value is -2.47. The van der Waals surface area contributed by atoms with Crippen LogP contribution in [0.3, 0.4) is 0 Å². The van der Waals surface area contributed by atoms with Gasteiger partial charge in [0.1, 0.15) is 4.83 Å². The summed E-state index contributed by atoms with van der Waals surface area (Å²) in [5, 5.41) is 0.571. The van der Waals surface area contributed by atoms with Gasteiger partial charge in [-0.3, -0.25) is 9.59 Å². The minimum Gasteiger partial charge on any atom is -0.335 e. The van der Waals surface area contributed by atoms with Crippen molar-refractivity contribution >= 4 is 27.5 Å². The van der Waals surface area contributed by atoms with Gasteiger partial charge in [0.2, 0.25) is 0 Å². The fourth-order valence-electron chi connectivity index (χ4n) is 3.74. The van der Waals surface area contributed by atoms with Gasteiger partial charge in [-0.1, -0.05) is 30.3 Å². The number of rotatable bonds is 3. The van der Waals surface area contributed by atoms with E-state index in [0.29, 0.717) is 15.1 Å². The Morgan fingerprint density at radius 2 is 2.08 bits per heavy atom. The smallest absolute Gasteiger partial charge is 0.264 e. The zero-order valence-electron chi connectivity index (χ0n) is 14.9. The number of hydrogen-bond donors (Lipinski definition) is 0. The summed E-state index contributed by atoms with van der Waals surface area (Å²) in [5.41, 5.74) is 1.92. The van der Waals surface area contributed by atoms with Crippen molar-refractivity contribution in [3.63, 3.8) is 0 Å². The van der Waals surface area contributed by atoms with E-state index in [0.717, 1.165) is 31.4 Å². The molecular formula is C20H21N3O2S. The summed E-state index contributed by atoms with van der Waals surface area (Å²) < 4.78 is 1.46. The third-order valence-corrected chi connectivity index (χ3v) is 6.34. The largest absolute Gasteiger partial charge is 0.335 e. The van der Waals surface area contributed by atoms with Gasteiger partial charge in [-0.05, 0) is 37.3 Å². The molecule has 2 aromatic heterocycles. The maximum absolute atomic E-state index is 13.2. The first-order valence-electron chi connectivity index (χ1n) is 8.86. The molecule has 1 amide bonds. The number of likely N-dealkylation sites (tertiary alicyclic amines) is 1. The third-order valence-electron chi connectivity index (χ3n) is 5.16. The molecule has 0 bridgehead atoms. The maximum atomic E-state index is 13.2. The molecule has 1 atom stereocenters. The standard InChI is InChI=1S/C20H21N3O2S/c1-13-16-18(21-12-22(2)19(16)24)26-17(13)20(25)23-10-6-9-15(23)11-14-7-4-3-5-8-14/h3-5,7-8,12,15H,6,9-11H2,1-2H3/t15-/m0/s1. The highest BCUT2D eigenvalue weighted by atomic mass is 32.1. The number of carbonyl (C=O) groups excluding carboxylic acids is 1. The number of hydrogen-bond acceptors (Lipinski definition) is 4. The summed E-state index contributed by atoms with van der Waals surface area (Å²) in [6.45, 7) is 2.63. The first-order chi connectivity index (χ1) is 12.6. The van der Waals surface area contributed by atoms with Crippen LogP contribution in [0.25, 0.3) is 10.2 Å². The molecule has 3 heterocycles. The molecule has 0 N–H and O–H groups in total. The Kier molecular flexibility index (Phi) is 4.36. The Balaban J connectivity index is 1.67. The van der Waals surface area contributed by atoms with E-state index in [1.54, 1.807) is 7.05 Å². The third kappa shape index (κ3) is 2.84. The molecule has 26 heavy (non-hydrogen) atoms. The lowest BCUT2D eigenvalue weighted by Gasteiger charge is -2.24. The van der Waals surface area contributed by atoms with Crippen LogP contribution in [0.4, 0.5) is 0 Å². The molecule has 4 rings (SSSR count). The number of benzene rings is 1. The lowest BCUT2D eigenvalue weighted by molar-refractivity contribution is 0.0741. The molecule has 134 valence electrons. The highest BCUT2D eigenvalue weighted by molar-refractivity contribution is 7.20. The van der Waals surface area contributed by atoms with Crippen LogP contribution in [-0.4, -0.2) is 32.9 Å². The normalized spacial score (nSPS) is 17.2. The van der Waals surface area contributed by atoms with Crippen molar-refractivity contribution in [3.05, 3.63) is 63.0 Å². The topological polar surface area (TPSA) is 55.2 Å². The van der Waals surface area contributed by atoms with Crippen molar-refractivity contribution in [2.24, 2.45) is 7.05 Å². The van der Waals surface area contributed by atoms with E-state index < -0.39 is 0 Å². The SMILES string of the molecule is Cc1c(C(=O)N2CCC[C@H]2Cc2ccccc2)sc2ncn(C)c(=O)c12. The van der Waals surface area contributed by atoms with Gasteiger partial charge >= 0.3 is 0 Å². The van der Waals surface area contributed by atoms with Gasteiger partial charge in [-0.2, -0.15) is 0 Å². The summed E-state index contributed by atoms with van der Waals surface area (Å²) in [5.74, 6) is 0.0333. The second-order valence-corrected chi connectivity index (χ2v) is 7.88. The molecular weight excluding hydrogens is 346 g/mol. The van der Waals surface area contributed by atoms with Crippen LogP contribution in [-0.2, 0) is 13.5 Å². The van der Waals surface area contributed by atoms with Gasteiger partial charge in [0.15, 0.2) is 0 Å². The Labute approximate surface area is 155 Å². The molecule has 0 aliphatic carbocycles. The summed E-state index contributed by atoms with van der Waals surface area (Å²) >= 11 is 1.33. The molecule has 1 saturated heterocycles. The summed E-state index contributed by atoms with van der Waals surface area (Å²) in [6, 6.07) is 10.5. The van der Waals surface area contributed by atoms with Crippen molar-refractivity contribution in [2.45, 2.75) is 32.2 Å². The van der Waals surface area contributed by atoms with Gasteiger partial charge in [0.05, 0.1) is 16.6 Å². The van der Waals surface area contributed by atoms with Gasteiger partial charge in [-0.25, -0.2) is 4.98 Å². The van der Waals surface area contributed by atoms with Crippen LogP contribution in [0, 0.1) is 6.92 Å². The van der Waals surface area contributed by atoms with E-state index in [9.17, 15) is 9.59 Å². The van der Waals surface area contributed by atoms with Crippen molar-refractivity contribution in [1.82, 2.24) is 14.5 Å². The highest BCUT2D eigenvalue weighted by Gasteiger charge is 2.32. The van der Waals surface area contributed by atoms with Gasteiger partial charge in [-0.15, -0.1) is 11.3 Å². The fraction of sp³-hybridized carbons (Fsp3) is 0.350. The van der Waals surface area contributed by atoms with Crippen LogP contribution in [0.15, 0.2) is 41.5 Å². The predicted molar refractivity (Wildman–Crippen MR) is 104 cm³/mol. The summed E-state index contributed by atoms with van der Waals surface area (Å²) in [7, 11) is 1.68. The van der Waals surface area contributed by atoms with Crippen LogP contribution < -0.4 is 5.56 Å². The Bertz CT molecular complexity index is 1020. The van der Waals surface area contributed by atoms with Gasteiger partial charge in [0.25, 0.3) is 11.5 Å². The average molecular weight is 367 g/mol. The number of carbonyl (C=O) groups is 1. The van der Waals surface area contributed by atoms with Crippen molar-refractivity contribution in [2.75, 3.05) is 6.54 Å². The lowest BCUT2D eigenvalue weighted by Crippen LogP contribution is -2.36. The zero-order chi connectivity index (χ0) is 18.3. The monoisotopic (exact) mass is 367 g/mol. The second kappa shape index (κ2) is 6.68. The van der Waals surface area contributed by atoms with E-state index in [2.05, 4.69) is 17.1 Å². The molecule has 0 saturated carbocycles. The van der Waals surface area contributed by atoms with E-state index in [1.807, 2.05) is 30.0 Å². The molecule has 6 heteroatoms. The molecule has 1 aliphatic heterocycles. The van der Waals surface area contributed by atoms with Crippen LogP contribution >= 0.6 is 11.3 Å². The van der Waals surface area contributed by atoms with E-state index in [-0.39, 0.29) is 17.5 Å². The second-order valence-electron chi connectivity index (χ2n) is 6.88. The molecule has 3 aromatic rings. The number of thiophene rings is 1. The van der Waals surface area contributed by atoms with E-state index in [1.165, 1.54) is 27.8 Å². The van der Waals surface area contributed by atoms with Gasteiger partial charge < -0.3 is 9.47 Å². The number of amides is 1. The average Bonchev–Trinajstić information content (AvgIpc) is 3.23. The van der Waals surface area contributed by atoms with E-state index in [4.69, 9.17) is 0 Å². The Morgan fingerprint density at radius 3 is 2.85 bits per heavy atom. The number of nitrogens with zero attached hydrogens (tertiary/aromatic N) is 3. The number of aryl methyl sites for hydroxylation is 2. The number of fused-ring (bicyclic) bond motifs is 1. The molecule has 0 radical (unpaired) electrons. The van der Waals surface area contributed by atoms with Crippen LogP contribution in [0.2, 0.25) is 0 Å². The molecule has 0 unspecified atom stereocenters. The fourth-order valence-corrected chi connectivity index (χ4v) is 4.84. The summed E-state index contributed by atoms with van der Waals surface area (Å²) in [4.78, 5) is 33.3. The zero-order valence-corrected chi connectivity index (χ0v) is 15.8. The summed E-state index contributed by atoms with van der Waals surface area (Å²) in [6.07, 6.45) is 4.43. The highest BCUT2D eigenvalue weighted by Crippen LogP contribution is 2.31. The minimum atomic E-state index is -0.0925. The molecule has 1 aliphatic rings.